The lowest BCUT2D eigenvalue weighted by Gasteiger charge is -2.15. The molecule has 1 aliphatic heterocycles. The summed E-state index contributed by atoms with van der Waals surface area (Å²) in [5.41, 5.74) is 2.13. The van der Waals surface area contributed by atoms with Crippen LogP contribution in [-0.2, 0) is 16.0 Å². The Morgan fingerprint density at radius 1 is 1.30 bits per heavy atom. The number of allylic oxidation sites excluding steroid dienone is 1. The van der Waals surface area contributed by atoms with Gasteiger partial charge < -0.3 is 14.6 Å². The Morgan fingerprint density at radius 2 is 2.03 bits per heavy atom. The number of thioether (sulfide) groups is 1. The van der Waals surface area contributed by atoms with E-state index in [1.54, 1.807) is 18.2 Å². The van der Waals surface area contributed by atoms with Gasteiger partial charge in [0.2, 0.25) is 0 Å². The van der Waals surface area contributed by atoms with Crippen molar-refractivity contribution in [3.05, 3.63) is 71.2 Å². The van der Waals surface area contributed by atoms with E-state index >= 15 is 0 Å². The molecular weight excluding hydrogens is 422 g/mol. The van der Waals surface area contributed by atoms with Crippen LogP contribution in [0.4, 0.5) is 5.69 Å². The molecule has 1 aliphatic rings. The predicted molar refractivity (Wildman–Crippen MR) is 122 cm³/mol. The van der Waals surface area contributed by atoms with E-state index in [-0.39, 0.29) is 5.91 Å². The summed E-state index contributed by atoms with van der Waals surface area (Å²) in [4.78, 5) is 25.8. The molecule has 1 fully saturated rings. The lowest BCUT2D eigenvalue weighted by molar-refractivity contribution is -0.139. The number of aliphatic carboxylic acids is 1. The van der Waals surface area contributed by atoms with Crippen molar-refractivity contribution in [2.75, 3.05) is 18.6 Å². The maximum absolute atomic E-state index is 12.9. The molecule has 2 aromatic rings. The van der Waals surface area contributed by atoms with Gasteiger partial charge in [-0.05, 0) is 42.3 Å². The number of ether oxygens (including phenoxy) is 2. The first kappa shape index (κ1) is 21.6. The number of carboxylic acids is 1. The van der Waals surface area contributed by atoms with Crippen molar-refractivity contribution >= 4 is 51.9 Å². The van der Waals surface area contributed by atoms with Gasteiger partial charge in [-0.3, -0.25) is 9.69 Å². The minimum atomic E-state index is -1.09. The van der Waals surface area contributed by atoms with Gasteiger partial charge in [0.1, 0.15) is 0 Å². The van der Waals surface area contributed by atoms with Crippen LogP contribution in [0.15, 0.2) is 60.0 Å². The Hall–Kier alpha value is -3.10. The maximum Gasteiger partial charge on any atom is 0.341 e. The minimum absolute atomic E-state index is 0.202. The van der Waals surface area contributed by atoms with Crippen molar-refractivity contribution in [3.8, 4) is 11.5 Å². The van der Waals surface area contributed by atoms with Crippen LogP contribution in [0.3, 0.4) is 0 Å². The highest BCUT2D eigenvalue weighted by Gasteiger charge is 2.33. The number of hydrogen-bond acceptors (Lipinski definition) is 6. The molecule has 1 N–H and O–H groups in total. The van der Waals surface area contributed by atoms with Gasteiger partial charge >= 0.3 is 5.97 Å². The lowest BCUT2D eigenvalue weighted by Crippen LogP contribution is -2.27. The highest BCUT2D eigenvalue weighted by Crippen LogP contribution is 2.38. The molecule has 30 heavy (non-hydrogen) atoms. The van der Waals surface area contributed by atoms with E-state index in [0.29, 0.717) is 44.0 Å². The van der Waals surface area contributed by atoms with Crippen LogP contribution < -0.4 is 14.4 Å². The molecule has 0 radical (unpaired) electrons. The van der Waals surface area contributed by atoms with E-state index in [1.807, 2.05) is 36.4 Å². The van der Waals surface area contributed by atoms with E-state index in [2.05, 4.69) is 6.58 Å². The molecule has 6 nitrogen and oxygen atoms in total. The summed E-state index contributed by atoms with van der Waals surface area (Å²) < 4.78 is 11.3. The van der Waals surface area contributed by atoms with Crippen molar-refractivity contribution in [2.24, 2.45) is 0 Å². The zero-order valence-corrected chi connectivity index (χ0v) is 17.8. The van der Waals surface area contributed by atoms with Gasteiger partial charge in [0.15, 0.2) is 22.4 Å². The fourth-order valence-electron chi connectivity index (χ4n) is 2.94. The molecule has 0 aromatic heterocycles. The summed E-state index contributed by atoms with van der Waals surface area (Å²) in [7, 11) is 1.47. The third-order valence-corrected chi connectivity index (χ3v) is 5.49. The number of hydrogen-bond donors (Lipinski definition) is 1. The first-order valence-corrected chi connectivity index (χ1v) is 10.2. The molecule has 2 aromatic carbocycles. The van der Waals surface area contributed by atoms with Crippen molar-refractivity contribution in [1.82, 2.24) is 0 Å². The second-order valence-electron chi connectivity index (χ2n) is 6.24. The predicted octanol–water partition coefficient (Wildman–Crippen LogP) is 4.29. The SMILES string of the molecule is C=CCc1cc(/C=C2/SC(=S)N(c3ccccc3)C2=O)cc(OC)c1OCC(=O)O. The second-order valence-corrected chi connectivity index (χ2v) is 7.92. The van der Waals surface area contributed by atoms with Crippen LogP contribution in [0.1, 0.15) is 11.1 Å². The average molecular weight is 442 g/mol. The smallest absolute Gasteiger partial charge is 0.341 e. The molecule has 0 bridgehead atoms. The fourth-order valence-corrected chi connectivity index (χ4v) is 4.24. The monoisotopic (exact) mass is 441 g/mol. The number of carbonyl (C=O) groups is 2. The number of rotatable bonds is 8. The number of thiocarbonyl (C=S) groups is 1. The Morgan fingerprint density at radius 3 is 2.67 bits per heavy atom. The van der Waals surface area contributed by atoms with Crippen molar-refractivity contribution in [1.29, 1.82) is 0 Å². The molecule has 154 valence electrons. The Labute approximate surface area is 183 Å². The van der Waals surface area contributed by atoms with Crippen LogP contribution in [0, 0.1) is 0 Å². The Kier molecular flexibility index (Phi) is 6.91. The van der Waals surface area contributed by atoms with E-state index in [9.17, 15) is 9.59 Å². The number of benzene rings is 2. The van der Waals surface area contributed by atoms with Crippen LogP contribution in [0.2, 0.25) is 0 Å². The summed E-state index contributed by atoms with van der Waals surface area (Å²) in [6.07, 6.45) is 3.86. The minimum Gasteiger partial charge on any atom is -0.493 e. The molecule has 1 saturated heterocycles. The number of methoxy groups -OCH3 is 1. The Balaban J connectivity index is 1.97. The van der Waals surface area contributed by atoms with E-state index in [0.717, 1.165) is 0 Å². The highest BCUT2D eigenvalue weighted by atomic mass is 32.2. The quantitative estimate of drug-likeness (QED) is 0.372. The standard InChI is InChI=1S/C22H19NO5S2/c1-3-7-15-10-14(11-17(27-2)20(15)28-13-19(24)25)12-18-21(26)23(22(29)30-18)16-8-5-4-6-9-16/h3-6,8-12H,1,7,13H2,2H3,(H,24,25)/b18-12+. The number of carboxylic acid groups (broad SMARTS) is 1. The van der Waals surface area contributed by atoms with Crippen LogP contribution in [-0.4, -0.2) is 35.0 Å². The van der Waals surface area contributed by atoms with Crippen LogP contribution in [0.5, 0.6) is 11.5 Å². The van der Waals surface area contributed by atoms with Gasteiger partial charge in [-0.2, -0.15) is 0 Å². The first-order valence-electron chi connectivity index (χ1n) is 8.94. The summed E-state index contributed by atoms with van der Waals surface area (Å²) in [5.74, 6) is -0.573. The normalized spacial score (nSPS) is 14.8. The Bertz CT molecular complexity index is 1030. The van der Waals surface area contributed by atoms with E-state index in [4.69, 9.17) is 26.8 Å². The lowest BCUT2D eigenvalue weighted by atomic mass is 10.0. The van der Waals surface area contributed by atoms with Gasteiger partial charge in [-0.1, -0.05) is 48.3 Å². The zero-order chi connectivity index (χ0) is 21.7. The number of carbonyl (C=O) groups excluding carboxylic acids is 1. The number of anilines is 1. The third-order valence-electron chi connectivity index (χ3n) is 4.18. The summed E-state index contributed by atoms with van der Waals surface area (Å²) in [6.45, 7) is 3.25. The zero-order valence-electron chi connectivity index (χ0n) is 16.2. The first-order chi connectivity index (χ1) is 14.4. The van der Waals surface area contributed by atoms with Gasteiger partial charge in [-0.25, -0.2) is 4.79 Å². The molecule has 3 rings (SSSR count). The largest absolute Gasteiger partial charge is 0.493 e. The summed E-state index contributed by atoms with van der Waals surface area (Å²) in [5, 5.41) is 8.92. The molecule has 0 aliphatic carbocycles. The molecule has 8 heteroatoms. The van der Waals surface area contributed by atoms with Gasteiger partial charge in [-0.15, -0.1) is 6.58 Å². The van der Waals surface area contributed by atoms with Crippen molar-refractivity contribution < 1.29 is 24.2 Å². The molecule has 0 spiro atoms. The van der Waals surface area contributed by atoms with Gasteiger partial charge in [0.05, 0.1) is 17.7 Å². The molecule has 0 unspecified atom stereocenters. The molecule has 1 amide bonds. The number of para-hydroxylation sites is 1. The van der Waals surface area contributed by atoms with Crippen LogP contribution in [0.25, 0.3) is 6.08 Å². The molecule has 0 atom stereocenters. The molecule has 0 saturated carbocycles. The fraction of sp³-hybridized carbons (Fsp3) is 0.136. The summed E-state index contributed by atoms with van der Waals surface area (Å²) >= 11 is 6.62. The van der Waals surface area contributed by atoms with E-state index in [1.165, 1.54) is 23.8 Å². The third kappa shape index (κ3) is 4.72. The van der Waals surface area contributed by atoms with Crippen molar-refractivity contribution in [2.45, 2.75) is 6.42 Å². The highest BCUT2D eigenvalue weighted by molar-refractivity contribution is 8.27. The van der Waals surface area contributed by atoms with Crippen LogP contribution >= 0.6 is 24.0 Å². The number of amides is 1. The maximum atomic E-state index is 12.9. The van der Waals surface area contributed by atoms with E-state index < -0.39 is 12.6 Å². The average Bonchev–Trinajstić information content (AvgIpc) is 3.00. The second kappa shape index (κ2) is 9.60. The summed E-state index contributed by atoms with van der Waals surface area (Å²) in [6, 6.07) is 12.7. The topological polar surface area (TPSA) is 76.1 Å². The molecule has 1 heterocycles. The van der Waals surface area contributed by atoms with Gasteiger partial charge in [0.25, 0.3) is 5.91 Å². The van der Waals surface area contributed by atoms with Gasteiger partial charge in [0, 0.05) is 5.56 Å². The molecular formula is C22H19NO5S2. The number of nitrogens with zero attached hydrogens (tertiary/aromatic N) is 1. The van der Waals surface area contributed by atoms with Crippen molar-refractivity contribution in [3.63, 3.8) is 0 Å².